The largest absolute Gasteiger partial charge is 0.394 e. The molecule has 2 rings (SSSR count). The SMILES string of the molecule is CC(CO)(CO)Nc1nc(N)nc2[nH]ncc12. The highest BCUT2D eigenvalue weighted by atomic mass is 16.3. The molecule has 0 aliphatic heterocycles. The molecule has 2 heterocycles. The first-order chi connectivity index (χ1) is 8.08. The Morgan fingerprint density at radius 1 is 1.41 bits per heavy atom. The van der Waals surface area contributed by atoms with Gasteiger partial charge in [-0.2, -0.15) is 15.1 Å². The van der Waals surface area contributed by atoms with E-state index >= 15 is 0 Å². The third-order valence-corrected chi connectivity index (χ3v) is 2.45. The molecule has 0 aromatic carbocycles. The molecule has 0 atom stereocenters. The van der Waals surface area contributed by atoms with Crippen molar-refractivity contribution in [1.82, 2.24) is 20.2 Å². The Kier molecular flexibility index (Phi) is 2.82. The molecule has 92 valence electrons. The van der Waals surface area contributed by atoms with Gasteiger partial charge >= 0.3 is 0 Å². The van der Waals surface area contributed by atoms with Gasteiger partial charge in [-0.15, -0.1) is 0 Å². The smallest absolute Gasteiger partial charge is 0.224 e. The minimum atomic E-state index is -0.884. The Morgan fingerprint density at radius 3 is 2.76 bits per heavy atom. The van der Waals surface area contributed by atoms with E-state index in [1.54, 1.807) is 13.1 Å². The number of fused-ring (bicyclic) bond motifs is 1. The topological polar surface area (TPSA) is 133 Å². The second kappa shape index (κ2) is 4.15. The molecule has 8 heteroatoms. The van der Waals surface area contributed by atoms with Crippen LogP contribution in [0.25, 0.3) is 11.0 Å². The fourth-order valence-corrected chi connectivity index (χ4v) is 1.36. The Hall–Kier alpha value is -1.93. The van der Waals surface area contributed by atoms with E-state index in [1.807, 2.05) is 0 Å². The van der Waals surface area contributed by atoms with E-state index in [0.29, 0.717) is 16.9 Å². The van der Waals surface area contributed by atoms with Crippen LogP contribution < -0.4 is 11.1 Å². The predicted molar refractivity (Wildman–Crippen MR) is 62.3 cm³/mol. The molecule has 0 aliphatic rings. The number of rotatable bonds is 4. The van der Waals surface area contributed by atoms with Crippen LogP contribution in [0.2, 0.25) is 0 Å². The van der Waals surface area contributed by atoms with Gasteiger partial charge in [0, 0.05) is 0 Å². The summed E-state index contributed by atoms with van der Waals surface area (Å²) in [6, 6.07) is 0. The van der Waals surface area contributed by atoms with Gasteiger partial charge in [0.25, 0.3) is 0 Å². The van der Waals surface area contributed by atoms with Crippen molar-refractivity contribution < 1.29 is 10.2 Å². The molecule has 0 bridgehead atoms. The van der Waals surface area contributed by atoms with Crippen molar-refractivity contribution in [3.63, 3.8) is 0 Å². The van der Waals surface area contributed by atoms with Gasteiger partial charge in [-0.25, -0.2) is 0 Å². The molecule has 0 saturated carbocycles. The number of hydrogen-bond acceptors (Lipinski definition) is 7. The van der Waals surface area contributed by atoms with Crippen LogP contribution in [0.15, 0.2) is 6.20 Å². The number of aromatic nitrogens is 4. The van der Waals surface area contributed by atoms with Crippen LogP contribution in [-0.2, 0) is 0 Å². The normalized spacial score (nSPS) is 11.9. The molecule has 2 aromatic rings. The van der Waals surface area contributed by atoms with E-state index in [2.05, 4.69) is 25.5 Å². The lowest BCUT2D eigenvalue weighted by Gasteiger charge is -2.26. The summed E-state index contributed by atoms with van der Waals surface area (Å²) in [6.45, 7) is 1.18. The molecule has 6 N–H and O–H groups in total. The summed E-state index contributed by atoms with van der Waals surface area (Å²) in [5, 5.41) is 28.5. The number of nitrogens with zero attached hydrogens (tertiary/aromatic N) is 3. The maximum Gasteiger partial charge on any atom is 0.224 e. The van der Waals surface area contributed by atoms with Crippen LogP contribution >= 0.6 is 0 Å². The first-order valence-electron chi connectivity index (χ1n) is 5.04. The summed E-state index contributed by atoms with van der Waals surface area (Å²) in [6.07, 6.45) is 1.55. The second-order valence-electron chi connectivity index (χ2n) is 4.06. The minimum Gasteiger partial charge on any atom is -0.394 e. The molecule has 0 unspecified atom stereocenters. The van der Waals surface area contributed by atoms with Gasteiger partial charge in [-0.05, 0) is 6.92 Å². The highest BCUT2D eigenvalue weighted by Gasteiger charge is 2.24. The van der Waals surface area contributed by atoms with Crippen molar-refractivity contribution >= 4 is 22.8 Å². The lowest BCUT2D eigenvalue weighted by atomic mass is 10.1. The van der Waals surface area contributed by atoms with E-state index in [9.17, 15) is 10.2 Å². The minimum absolute atomic E-state index is 0.0856. The lowest BCUT2D eigenvalue weighted by molar-refractivity contribution is 0.147. The summed E-state index contributed by atoms with van der Waals surface area (Å²) in [4.78, 5) is 7.99. The molecule has 2 aromatic heterocycles. The number of aromatic amines is 1. The van der Waals surface area contributed by atoms with Crippen molar-refractivity contribution in [3.8, 4) is 0 Å². The summed E-state index contributed by atoms with van der Waals surface area (Å²) in [7, 11) is 0. The number of aliphatic hydroxyl groups excluding tert-OH is 2. The van der Waals surface area contributed by atoms with Gasteiger partial charge in [-0.1, -0.05) is 0 Å². The maximum absolute atomic E-state index is 9.22. The van der Waals surface area contributed by atoms with Gasteiger partial charge in [0.2, 0.25) is 5.95 Å². The van der Waals surface area contributed by atoms with Crippen molar-refractivity contribution in [3.05, 3.63) is 6.20 Å². The van der Waals surface area contributed by atoms with Gasteiger partial charge < -0.3 is 21.3 Å². The molecule has 0 amide bonds. The number of nitrogen functional groups attached to an aromatic ring is 1. The van der Waals surface area contributed by atoms with Crippen LogP contribution in [0.4, 0.5) is 11.8 Å². The van der Waals surface area contributed by atoms with E-state index in [1.165, 1.54) is 0 Å². The summed E-state index contributed by atoms with van der Waals surface area (Å²) >= 11 is 0. The quantitative estimate of drug-likeness (QED) is 0.465. The van der Waals surface area contributed by atoms with Crippen molar-refractivity contribution in [1.29, 1.82) is 0 Å². The Bertz CT molecular complexity index is 521. The Balaban J connectivity index is 2.44. The summed E-state index contributed by atoms with van der Waals surface area (Å²) in [5.41, 5.74) is 5.17. The first-order valence-corrected chi connectivity index (χ1v) is 5.04. The third-order valence-electron chi connectivity index (χ3n) is 2.45. The van der Waals surface area contributed by atoms with E-state index in [-0.39, 0.29) is 19.2 Å². The van der Waals surface area contributed by atoms with Crippen LogP contribution in [0.1, 0.15) is 6.92 Å². The third kappa shape index (κ3) is 2.12. The monoisotopic (exact) mass is 238 g/mol. The number of aliphatic hydroxyl groups is 2. The number of H-pyrrole nitrogens is 1. The Labute approximate surface area is 96.9 Å². The number of hydrogen-bond donors (Lipinski definition) is 5. The average Bonchev–Trinajstić information content (AvgIpc) is 2.77. The van der Waals surface area contributed by atoms with E-state index in [0.717, 1.165) is 0 Å². The highest BCUT2D eigenvalue weighted by Crippen LogP contribution is 2.22. The summed E-state index contributed by atoms with van der Waals surface area (Å²) in [5.74, 6) is 0.509. The zero-order valence-electron chi connectivity index (χ0n) is 9.30. The molecule has 0 spiro atoms. The van der Waals surface area contributed by atoms with Crippen molar-refractivity contribution in [2.75, 3.05) is 24.3 Å². The number of nitrogens with two attached hydrogens (primary N) is 1. The standard InChI is InChI=1S/C9H14N6O2/c1-9(3-16,4-17)14-6-5-2-11-15-7(5)13-8(10)12-6/h2,16-17H,3-4H2,1H3,(H4,10,11,12,13,14,15). The summed E-state index contributed by atoms with van der Waals surface area (Å²) < 4.78 is 0. The predicted octanol–water partition coefficient (Wildman–Crippen LogP) is -0.910. The molecule has 0 fully saturated rings. The van der Waals surface area contributed by atoms with Crippen LogP contribution in [-0.4, -0.2) is 49.1 Å². The Morgan fingerprint density at radius 2 is 2.12 bits per heavy atom. The fraction of sp³-hybridized carbons (Fsp3) is 0.444. The molecular formula is C9H14N6O2. The fourth-order valence-electron chi connectivity index (χ4n) is 1.36. The van der Waals surface area contributed by atoms with Gasteiger partial charge in [0.15, 0.2) is 5.65 Å². The lowest BCUT2D eigenvalue weighted by Crippen LogP contribution is -2.42. The van der Waals surface area contributed by atoms with Crippen LogP contribution in [0.5, 0.6) is 0 Å². The first kappa shape index (κ1) is 11.6. The second-order valence-corrected chi connectivity index (χ2v) is 4.06. The number of anilines is 2. The van der Waals surface area contributed by atoms with Gasteiger partial charge in [0.05, 0.1) is 30.3 Å². The zero-order chi connectivity index (χ0) is 12.5. The molecule has 0 aliphatic carbocycles. The molecule has 8 nitrogen and oxygen atoms in total. The van der Waals surface area contributed by atoms with Gasteiger partial charge in [0.1, 0.15) is 5.82 Å². The molecule has 0 radical (unpaired) electrons. The van der Waals surface area contributed by atoms with Crippen molar-refractivity contribution in [2.24, 2.45) is 0 Å². The molecule has 0 saturated heterocycles. The molecular weight excluding hydrogens is 224 g/mol. The average molecular weight is 238 g/mol. The number of nitrogens with one attached hydrogen (secondary N) is 2. The van der Waals surface area contributed by atoms with Gasteiger partial charge in [-0.3, -0.25) is 5.10 Å². The van der Waals surface area contributed by atoms with E-state index in [4.69, 9.17) is 5.73 Å². The zero-order valence-corrected chi connectivity index (χ0v) is 9.30. The van der Waals surface area contributed by atoms with Crippen LogP contribution in [0.3, 0.4) is 0 Å². The molecule has 17 heavy (non-hydrogen) atoms. The van der Waals surface area contributed by atoms with E-state index < -0.39 is 5.54 Å². The van der Waals surface area contributed by atoms with Crippen LogP contribution in [0, 0.1) is 0 Å². The maximum atomic E-state index is 9.22. The highest BCUT2D eigenvalue weighted by molar-refractivity contribution is 5.87. The van der Waals surface area contributed by atoms with Crippen molar-refractivity contribution in [2.45, 2.75) is 12.5 Å².